The minimum Gasteiger partial charge on any atom is -0.494 e. The number of hydrazine groups is 1. The van der Waals surface area contributed by atoms with Gasteiger partial charge in [0.1, 0.15) is 11.5 Å². The number of nitrogens with one attached hydrogen (secondary N) is 1. The standard InChI is InChI=1S/C15H20N2O2/c1-3-13-12(9-10-19-13)15(17-16)11-7-5-6-8-14(11)18-4-2/h5-10,15,17H,3-4,16H2,1-2H3. The van der Waals surface area contributed by atoms with Gasteiger partial charge in [-0.25, -0.2) is 5.43 Å². The molecule has 0 aliphatic heterocycles. The second-order valence-electron chi connectivity index (χ2n) is 4.22. The van der Waals surface area contributed by atoms with Crippen molar-refractivity contribution in [3.05, 3.63) is 53.5 Å². The molecule has 0 saturated carbocycles. The predicted molar refractivity (Wildman–Crippen MR) is 74.9 cm³/mol. The van der Waals surface area contributed by atoms with Crippen LogP contribution in [0.5, 0.6) is 5.75 Å². The second kappa shape index (κ2) is 6.41. The second-order valence-corrected chi connectivity index (χ2v) is 4.22. The summed E-state index contributed by atoms with van der Waals surface area (Å²) in [6.45, 7) is 4.65. The average molecular weight is 260 g/mol. The Kier molecular flexibility index (Phi) is 4.60. The zero-order chi connectivity index (χ0) is 13.7. The minimum absolute atomic E-state index is 0.128. The lowest BCUT2D eigenvalue weighted by molar-refractivity contribution is 0.333. The van der Waals surface area contributed by atoms with E-state index in [1.165, 1.54) is 0 Å². The highest BCUT2D eigenvalue weighted by Crippen LogP contribution is 2.31. The van der Waals surface area contributed by atoms with Crippen molar-refractivity contribution in [2.75, 3.05) is 6.61 Å². The summed E-state index contributed by atoms with van der Waals surface area (Å²) in [5, 5.41) is 0. The average Bonchev–Trinajstić information content (AvgIpc) is 2.90. The quantitative estimate of drug-likeness (QED) is 0.619. The summed E-state index contributed by atoms with van der Waals surface area (Å²) in [5.41, 5.74) is 4.92. The number of furan rings is 1. The van der Waals surface area contributed by atoms with Gasteiger partial charge < -0.3 is 9.15 Å². The Hall–Kier alpha value is -1.78. The van der Waals surface area contributed by atoms with Gasteiger partial charge in [0.15, 0.2) is 0 Å². The Morgan fingerprint density at radius 1 is 1.21 bits per heavy atom. The maximum Gasteiger partial charge on any atom is 0.124 e. The van der Waals surface area contributed by atoms with Gasteiger partial charge in [-0.2, -0.15) is 0 Å². The summed E-state index contributed by atoms with van der Waals surface area (Å²) in [6, 6.07) is 9.73. The fourth-order valence-corrected chi connectivity index (χ4v) is 2.25. The van der Waals surface area contributed by atoms with Crippen molar-refractivity contribution in [2.24, 2.45) is 5.84 Å². The van der Waals surface area contributed by atoms with E-state index >= 15 is 0 Å². The van der Waals surface area contributed by atoms with Crippen LogP contribution in [0.3, 0.4) is 0 Å². The van der Waals surface area contributed by atoms with Gasteiger partial charge in [-0.05, 0) is 19.1 Å². The molecule has 2 aromatic rings. The van der Waals surface area contributed by atoms with Crippen molar-refractivity contribution in [1.82, 2.24) is 5.43 Å². The Bertz CT molecular complexity index is 522. The number of hydrogen-bond acceptors (Lipinski definition) is 4. The highest BCUT2D eigenvalue weighted by atomic mass is 16.5. The van der Waals surface area contributed by atoms with Crippen LogP contribution in [0.15, 0.2) is 41.0 Å². The molecule has 1 unspecified atom stereocenters. The van der Waals surface area contributed by atoms with Crippen molar-refractivity contribution in [3.8, 4) is 5.75 Å². The topological polar surface area (TPSA) is 60.4 Å². The normalized spacial score (nSPS) is 12.4. The molecular weight excluding hydrogens is 240 g/mol. The molecule has 0 fully saturated rings. The largest absolute Gasteiger partial charge is 0.494 e. The highest BCUT2D eigenvalue weighted by Gasteiger charge is 2.20. The van der Waals surface area contributed by atoms with Crippen molar-refractivity contribution < 1.29 is 9.15 Å². The van der Waals surface area contributed by atoms with Gasteiger partial charge in [-0.3, -0.25) is 5.84 Å². The van der Waals surface area contributed by atoms with E-state index in [9.17, 15) is 0 Å². The zero-order valence-corrected chi connectivity index (χ0v) is 11.3. The van der Waals surface area contributed by atoms with Crippen molar-refractivity contribution in [1.29, 1.82) is 0 Å². The van der Waals surface area contributed by atoms with Gasteiger partial charge in [0.2, 0.25) is 0 Å². The number of hydrogen-bond donors (Lipinski definition) is 2. The summed E-state index contributed by atoms with van der Waals surface area (Å²) in [6.07, 6.45) is 2.53. The van der Waals surface area contributed by atoms with E-state index in [2.05, 4.69) is 12.3 Å². The number of ether oxygens (including phenoxy) is 1. The van der Waals surface area contributed by atoms with Gasteiger partial charge in [-0.15, -0.1) is 0 Å². The van der Waals surface area contributed by atoms with E-state index in [4.69, 9.17) is 15.0 Å². The lowest BCUT2D eigenvalue weighted by atomic mass is 9.98. The van der Waals surface area contributed by atoms with Gasteiger partial charge in [0.25, 0.3) is 0 Å². The molecule has 0 spiro atoms. The Balaban J connectivity index is 2.42. The van der Waals surface area contributed by atoms with Crippen LogP contribution < -0.4 is 16.0 Å². The third-order valence-corrected chi connectivity index (χ3v) is 3.11. The van der Waals surface area contributed by atoms with Crippen molar-refractivity contribution in [2.45, 2.75) is 26.3 Å². The fraction of sp³-hybridized carbons (Fsp3) is 0.333. The van der Waals surface area contributed by atoms with Crippen LogP contribution >= 0.6 is 0 Å². The molecule has 0 amide bonds. The summed E-state index contributed by atoms with van der Waals surface area (Å²) in [5.74, 6) is 7.52. The summed E-state index contributed by atoms with van der Waals surface area (Å²) in [7, 11) is 0. The predicted octanol–water partition coefficient (Wildman–Crippen LogP) is 2.79. The highest BCUT2D eigenvalue weighted by molar-refractivity contribution is 5.42. The maximum atomic E-state index is 5.74. The Morgan fingerprint density at radius 3 is 2.68 bits per heavy atom. The lowest BCUT2D eigenvalue weighted by Gasteiger charge is -2.19. The molecule has 3 N–H and O–H groups in total. The SMILES string of the molecule is CCOc1ccccc1C(NN)c1ccoc1CC. The monoisotopic (exact) mass is 260 g/mol. The first kappa shape index (κ1) is 13.6. The molecule has 1 heterocycles. The van der Waals surface area contributed by atoms with E-state index < -0.39 is 0 Å². The third kappa shape index (κ3) is 2.80. The first-order valence-electron chi connectivity index (χ1n) is 6.55. The van der Waals surface area contributed by atoms with Crippen LogP contribution in [-0.4, -0.2) is 6.61 Å². The fourth-order valence-electron chi connectivity index (χ4n) is 2.25. The van der Waals surface area contributed by atoms with Gasteiger partial charge >= 0.3 is 0 Å². The smallest absolute Gasteiger partial charge is 0.124 e. The van der Waals surface area contributed by atoms with Crippen LogP contribution in [0.1, 0.15) is 36.8 Å². The van der Waals surface area contributed by atoms with Crippen molar-refractivity contribution >= 4 is 0 Å². The number of rotatable bonds is 6. The van der Waals surface area contributed by atoms with Crippen LogP contribution in [0, 0.1) is 0 Å². The number of aryl methyl sites for hydroxylation is 1. The minimum atomic E-state index is -0.128. The molecule has 0 radical (unpaired) electrons. The molecule has 4 heteroatoms. The molecule has 1 atom stereocenters. The van der Waals surface area contributed by atoms with Crippen LogP contribution in [0.2, 0.25) is 0 Å². The molecule has 0 aliphatic carbocycles. The lowest BCUT2D eigenvalue weighted by Crippen LogP contribution is -2.29. The van der Waals surface area contributed by atoms with E-state index in [1.807, 2.05) is 37.3 Å². The Labute approximate surface area is 113 Å². The van der Waals surface area contributed by atoms with E-state index in [1.54, 1.807) is 6.26 Å². The van der Waals surface area contributed by atoms with E-state index in [0.717, 1.165) is 29.1 Å². The first-order valence-corrected chi connectivity index (χ1v) is 6.55. The molecule has 0 bridgehead atoms. The molecule has 0 aliphatic rings. The molecule has 0 saturated heterocycles. The molecule has 2 rings (SSSR count). The molecule has 4 nitrogen and oxygen atoms in total. The number of nitrogens with two attached hydrogens (primary N) is 1. The van der Waals surface area contributed by atoms with Gasteiger partial charge in [-0.1, -0.05) is 25.1 Å². The first-order chi connectivity index (χ1) is 9.31. The summed E-state index contributed by atoms with van der Waals surface area (Å²) < 4.78 is 11.1. The third-order valence-electron chi connectivity index (χ3n) is 3.11. The maximum absolute atomic E-state index is 5.74. The zero-order valence-electron chi connectivity index (χ0n) is 11.3. The summed E-state index contributed by atoms with van der Waals surface area (Å²) in [4.78, 5) is 0. The number of benzene rings is 1. The number of para-hydroxylation sites is 1. The molecule has 1 aromatic carbocycles. The van der Waals surface area contributed by atoms with Gasteiger partial charge in [0.05, 0.1) is 18.9 Å². The van der Waals surface area contributed by atoms with Crippen LogP contribution in [0.25, 0.3) is 0 Å². The van der Waals surface area contributed by atoms with E-state index in [-0.39, 0.29) is 6.04 Å². The molecule has 102 valence electrons. The van der Waals surface area contributed by atoms with Crippen LogP contribution in [-0.2, 0) is 6.42 Å². The van der Waals surface area contributed by atoms with Gasteiger partial charge in [0, 0.05) is 17.5 Å². The summed E-state index contributed by atoms with van der Waals surface area (Å²) >= 11 is 0. The van der Waals surface area contributed by atoms with E-state index in [0.29, 0.717) is 6.61 Å². The molecule has 1 aromatic heterocycles. The molecular formula is C15H20N2O2. The molecule has 19 heavy (non-hydrogen) atoms. The Morgan fingerprint density at radius 2 is 2.00 bits per heavy atom. The van der Waals surface area contributed by atoms with Crippen molar-refractivity contribution in [3.63, 3.8) is 0 Å². The van der Waals surface area contributed by atoms with Crippen LogP contribution in [0.4, 0.5) is 0 Å².